The molecule has 2 rings (SSSR count). The second kappa shape index (κ2) is 9.21. The Balaban J connectivity index is 1.70. The van der Waals surface area contributed by atoms with Gasteiger partial charge in [-0.1, -0.05) is 24.3 Å². The third-order valence-corrected chi connectivity index (χ3v) is 4.54. The predicted molar refractivity (Wildman–Crippen MR) is 91.8 cm³/mol. The highest BCUT2D eigenvalue weighted by Crippen LogP contribution is 2.29. The Labute approximate surface area is 142 Å². The highest BCUT2D eigenvalue weighted by atomic mass is 19.1. The van der Waals surface area contributed by atoms with Crippen LogP contribution >= 0.6 is 0 Å². The van der Waals surface area contributed by atoms with Gasteiger partial charge in [-0.15, -0.1) is 6.58 Å². The predicted octanol–water partition coefficient (Wildman–Crippen LogP) is 2.59. The smallest absolute Gasteiger partial charge is 0.223 e. The van der Waals surface area contributed by atoms with Crippen LogP contribution in [0.4, 0.5) is 4.39 Å². The van der Waals surface area contributed by atoms with Crippen LogP contribution in [0.5, 0.6) is 0 Å². The van der Waals surface area contributed by atoms with Crippen molar-refractivity contribution in [1.29, 1.82) is 0 Å². The van der Waals surface area contributed by atoms with Crippen molar-refractivity contribution in [1.82, 2.24) is 10.6 Å². The summed E-state index contributed by atoms with van der Waals surface area (Å²) in [7, 11) is 0. The first kappa shape index (κ1) is 18.2. The number of nitrogens with one attached hydrogen (secondary N) is 2. The van der Waals surface area contributed by atoms with Crippen molar-refractivity contribution in [2.45, 2.75) is 32.1 Å². The van der Waals surface area contributed by atoms with Crippen molar-refractivity contribution in [2.75, 3.05) is 13.1 Å². The van der Waals surface area contributed by atoms with Crippen LogP contribution in [0.25, 0.3) is 0 Å². The molecule has 1 aromatic rings. The minimum absolute atomic E-state index is 0.00702. The zero-order chi connectivity index (χ0) is 17.4. The molecule has 1 aliphatic carbocycles. The molecule has 1 aliphatic rings. The van der Waals surface area contributed by atoms with Crippen molar-refractivity contribution < 1.29 is 14.0 Å². The Morgan fingerprint density at radius 1 is 1.08 bits per heavy atom. The zero-order valence-corrected chi connectivity index (χ0v) is 13.9. The standard InChI is InChI=1S/C19H25FN2O2/c1-2-12-21-18(23)15-7-9-16(10-8-15)19(24)22-13-11-14-5-3-4-6-17(14)20/h2-6,15-16H,1,7-13H2,(H,21,23)(H,22,24). The van der Waals surface area contributed by atoms with Crippen LogP contribution in [-0.4, -0.2) is 24.9 Å². The van der Waals surface area contributed by atoms with E-state index in [0.29, 0.717) is 25.1 Å². The fourth-order valence-electron chi connectivity index (χ4n) is 3.10. The second-order valence-electron chi connectivity index (χ2n) is 6.21. The Morgan fingerprint density at radius 3 is 2.25 bits per heavy atom. The number of halogens is 1. The van der Waals surface area contributed by atoms with Gasteiger partial charge in [0.15, 0.2) is 0 Å². The van der Waals surface area contributed by atoms with Crippen molar-refractivity contribution in [2.24, 2.45) is 11.8 Å². The lowest BCUT2D eigenvalue weighted by atomic mass is 9.81. The average Bonchev–Trinajstić information content (AvgIpc) is 2.61. The van der Waals surface area contributed by atoms with Crippen molar-refractivity contribution >= 4 is 11.8 Å². The maximum atomic E-state index is 13.5. The maximum Gasteiger partial charge on any atom is 0.223 e. The second-order valence-corrected chi connectivity index (χ2v) is 6.21. The SMILES string of the molecule is C=CCNC(=O)C1CCC(C(=O)NCCc2ccccc2F)CC1. The Hall–Kier alpha value is -2.17. The van der Waals surface area contributed by atoms with Crippen LogP contribution in [-0.2, 0) is 16.0 Å². The molecule has 2 N–H and O–H groups in total. The lowest BCUT2D eigenvalue weighted by molar-refractivity contribution is -0.130. The van der Waals surface area contributed by atoms with E-state index < -0.39 is 0 Å². The number of benzene rings is 1. The van der Waals surface area contributed by atoms with Gasteiger partial charge >= 0.3 is 0 Å². The van der Waals surface area contributed by atoms with Gasteiger partial charge in [0.25, 0.3) is 0 Å². The highest BCUT2D eigenvalue weighted by Gasteiger charge is 2.29. The molecule has 0 bridgehead atoms. The van der Waals surface area contributed by atoms with Crippen molar-refractivity contribution in [3.8, 4) is 0 Å². The molecule has 1 fully saturated rings. The molecule has 130 valence electrons. The lowest BCUT2D eigenvalue weighted by Gasteiger charge is -2.27. The Morgan fingerprint density at radius 2 is 1.67 bits per heavy atom. The van der Waals surface area contributed by atoms with Crippen molar-refractivity contribution in [3.63, 3.8) is 0 Å². The maximum absolute atomic E-state index is 13.5. The molecule has 2 amide bonds. The zero-order valence-electron chi connectivity index (χ0n) is 13.9. The van der Waals surface area contributed by atoms with E-state index in [1.54, 1.807) is 24.3 Å². The molecule has 4 nitrogen and oxygen atoms in total. The summed E-state index contributed by atoms with van der Waals surface area (Å²) in [4.78, 5) is 24.1. The largest absolute Gasteiger partial charge is 0.356 e. The summed E-state index contributed by atoms with van der Waals surface area (Å²) in [6, 6.07) is 6.60. The average molecular weight is 332 g/mol. The van der Waals surface area contributed by atoms with Gasteiger partial charge in [-0.05, 0) is 43.7 Å². The summed E-state index contributed by atoms with van der Waals surface area (Å²) in [6.45, 7) is 4.49. The molecule has 0 heterocycles. The number of rotatable bonds is 7. The fourth-order valence-corrected chi connectivity index (χ4v) is 3.10. The number of carbonyl (C=O) groups is 2. The molecule has 0 radical (unpaired) electrons. The highest BCUT2D eigenvalue weighted by molar-refractivity contribution is 5.81. The first-order chi connectivity index (χ1) is 11.6. The first-order valence-electron chi connectivity index (χ1n) is 8.51. The molecule has 0 aliphatic heterocycles. The summed E-state index contributed by atoms with van der Waals surface area (Å²) in [6.07, 6.45) is 5.04. The Kier molecular flexibility index (Phi) is 6.97. The lowest BCUT2D eigenvalue weighted by Crippen LogP contribution is -2.38. The molecule has 1 aromatic carbocycles. The van der Waals surface area contributed by atoms with E-state index >= 15 is 0 Å². The van der Waals surface area contributed by atoms with E-state index in [1.165, 1.54) is 6.07 Å². The van der Waals surface area contributed by atoms with Crippen LogP contribution in [0.15, 0.2) is 36.9 Å². The molecule has 24 heavy (non-hydrogen) atoms. The molecule has 0 atom stereocenters. The first-order valence-corrected chi connectivity index (χ1v) is 8.51. The number of amides is 2. The summed E-state index contributed by atoms with van der Waals surface area (Å²) in [5.41, 5.74) is 0.611. The minimum atomic E-state index is -0.238. The summed E-state index contributed by atoms with van der Waals surface area (Å²) in [5, 5.41) is 5.70. The van der Waals surface area contributed by atoms with Crippen LogP contribution in [0.1, 0.15) is 31.2 Å². The Bertz CT molecular complexity index is 580. The van der Waals surface area contributed by atoms with E-state index in [-0.39, 0.29) is 29.5 Å². The molecular weight excluding hydrogens is 307 g/mol. The van der Waals surface area contributed by atoms with Crippen LogP contribution in [0.3, 0.4) is 0 Å². The van der Waals surface area contributed by atoms with E-state index in [1.807, 2.05) is 0 Å². The summed E-state index contributed by atoms with van der Waals surface area (Å²) >= 11 is 0. The van der Waals surface area contributed by atoms with Crippen LogP contribution in [0, 0.1) is 17.7 Å². The number of hydrogen-bond donors (Lipinski definition) is 2. The molecule has 0 saturated heterocycles. The van der Waals surface area contributed by atoms with Gasteiger partial charge in [-0.25, -0.2) is 4.39 Å². The van der Waals surface area contributed by atoms with Crippen molar-refractivity contribution in [3.05, 3.63) is 48.3 Å². The molecule has 1 saturated carbocycles. The van der Waals surface area contributed by atoms with Gasteiger partial charge in [0.1, 0.15) is 5.82 Å². The van der Waals surface area contributed by atoms with E-state index in [0.717, 1.165) is 25.7 Å². The van der Waals surface area contributed by atoms with E-state index in [2.05, 4.69) is 17.2 Å². The van der Waals surface area contributed by atoms with Gasteiger partial charge in [-0.3, -0.25) is 9.59 Å². The molecule has 0 spiro atoms. The summed E-state index contributed by atoms with van der Waals surface area (Å²) in [5.74, 6) is -0.233. The monoisotopic (exact) mass is 332 g/mol. The number of carbonyl (C=O) groups excluding carboxylic acids is 2. The van der Waals surface area contributed by atoms with Gasteiger partial charge in [-0.2, -0.15) is 0 Å². The topological polar surface area (TPSA) is 58.2 Å². The molecule has 0 unspecified atom stereocenters. The van der Waals surface area contributed by atoms with Gasteiger partial charge in [0, 0.05) is 24.9 Å². The summed E-state index contributed by atoms with van der Waals surface area (Å²) < 4.78 is 13.5. The third kappa shape index (κ3) is 5.18. The molecular formula is C19H25FN2O2. The minimum Gasteiger partial charge on any atom is -0.356 e. The molecule has 5 heteroatoms. The third-order valence-electron chi connectivity index (χ3n) is 4.54. The van der Waals surface area contributed by atoms with Crippen LogP contribution < -0.4 is 10.6 Å². The fraction of sp³-hybridized carbons (Fsp3) is 0.474. The van der Waals surface area contributed by atoms with Gasteiger partial charge in [0.2, 0.25) is 11.8 Å². The van der Waals surface area contributed by atoms with E-state index in [4.69, 9.17) is 0 Å². The van der Waals surface area contributed by atoms with Gasteiger partial charge < -0.3 is 10.6 Å². The van der Waals surface area contributed by atoms with Crippen LogP contribution in [0.2, 0.25) is 0 Å². The van der Waals surface area contributed by atoms with E-state index in [9.17, 15) is 14.0 Å². The molecule has 0 aromatic heterocycles. The number of hydrogen-bond acceptors (Lipinski definition) is 2. The van der Waals surface area contributed by atoms with Gasteiger partial charge in [0.05, 0.1) is 0 Å². The normalized spacial score (nSPS) is 20.2. The quantitative estimate of drug-likeness (QED) is 0.754.